The third-order valence-electron chi connectivity index (χ3n) is 2.28. The van der Waals surface area contributed by atoms with Crippen molar-refractivity contribution in [3.63, 3.8) is 0 Å². The number of oxazole rings is 1. The summed E-state index contributed by atoms with van der Waals surface area (Å²) in [5.41, 5.74) is 0.937. The van der Waals surface area contributed by atoms with Crippen molar-refractivity contribution in [1.82, 2.24) is 4.98 Å². The first-order valence-corrected chi connectivity index (χ1v) is 6.78. The van der Waals surface area contributed by atoms with Crippen molar-refractivity contribution in [3.05, 3.63) is 38.6 Å². The first-order valence-electron chi connectivity index (χ1n) is 5.19. The number of hydrogen-bond donors (Lipinski definition) is 1. The normalized spacial score (nSPS) is 10.7. The van der Waals surface area contributed by atoms with E-state index in [0.717, 1.165) is 8.95 Å². The maximum Gasteiger partial charge on any atom is 0.373 e. The van der Waals surface area contributed by atoms with E-state index >= 15 is 0 Å². The summed E-state index contributed by atoms with van der Waals surface area (Å²) in [7, 11) is 1.47. The summed E-state index contributed by atoms with van der Waals surface area (Å²) < 4.78 is 11.9. The van der Waals surface area contributed by atoms with Crippen LogP contribution in [0.4, 0.5) is 0 Å². The van der Waals surface area contributed by atoms with Gasteiger partial charge in [0.25, 0.3) is 0 Å². The average molecular weight is 391 g/mol. The third-order valence-corrected chi connectivity index (χ3v) is 3.20. The van der Waals surface area contributed by atoms with Crippen LogP contribution in [-0.4, -0.2) is 23.2 Å². The molecule has 1 aromatic carbocycles. The highest BCUT2D eigenvalue weighted by atomic mass is 79.9. The largest absolute Gasteiger partial charge is 0.475 e. The van der Waals surface area contributed by atoms with Crippen molar-refractivity contribution in [2.24, 2.45) is 0 Å². The van der Waals surface area contributed by atoms with Gasteiger partial charge in [-0.25, -0.2) is 9.78 Å². The quantitative estimate of drug-likeness (QED) is 0.861. The van der Waals surface area contributed by atoms with Gasteiger partial charge >= 0.3 is 5.97 Å². The lowest BCUT2D eigenvalue weighted by atomic mass is 10.2. The molecule has 0 saturated carbocycles. The molecule has 1 N–H and O–H groups in total. The maximum absolute atomic E-state index is 11.1. The number of aromatic nitrogens is 1. The van der Waals surface area contributed by atoms with E-state index in [0.29, 0.717) is 5.56 Å². The number of carboxylic acids is 1. The summed E-state index contributed by atoms with van der Waals surface area (Å²) in [6.07, 6.45) is 0. The number of aromatic carboxylic acids is 1. The van der Waals surface area contributed by atoms with E-state index in [-0.39, 0.29) is 24.0 Å². The van der Waals surface area contributed by atoms with E-state index < -0.39 is 5.97 Å². The van der Waals surface area contributed by atoms with Gasteiger partial charge in [0.15, 0.2) is 0 Å². The van der Waals surface area contributed by atoms with Gasteiger partial charge in [-0.2, -0.15) is 0 Å². The molecule has 0 aliphatic rings. The Hall–Kier alpha value is -1.18. The van der Waals surface area contributed by atoms with Crippen LogP contribution in [0.2, 0.25) is 0 Å². The maximum atomic E-state index is 11.1. The summed E-state index contributed by atoms with van der Waals surface area (Å²) in [5.74, 6) is -1.13. The second kappa shape index (κ2) is 5.85. The molecule has 0 fully saturated rings. The Kier molecular flexibility index (Phi) is 4.38. The highest BCUT2D eigenvalue weighted by Crippen LogP contribution is 2.28. The molecular weight excluding hydrogens is 382 g/mol. The highest BCUT2D eigenvalue weighted by molar-refractivity contribution is 9.11. The first-order chi connectivity index (χ1) is 9.01. The molecule has 100 valence electrons. The molecule has 0 saturated heterocycles. The third kappa shape index (κ3) is 3.23. The van der Waals surface area contributed by atoms with Crippen molar-refractivity contribution in [3.8, 4) is 11.5 Å². The van der Waals surface area contributed by atoms with E-state index in [1.54, 1.807) is 12.1 Å². The number of benzene rings is 1. The molecule has 0 aliphatic heterocycles. The zero-order valence-electron chi connectivity index (χ0n) is 9.81. The topological polar surface area (TPSA) is 72.6 Å². The van der Waals surface area contributed by atoms with Gasteiger partial charge in [-0.05, 0) is 18.2 Å². The Morgan fingerprint density at radius 1 is 1.37 bits per heavy atom. The summed E-state index contributed by atoms with van der Waals surface area (Å²) in [6.45, 7) is 0.0836. The fourth-order valence-corrected chi connectivity index (χ4v) is 2.85. The van der Waals surface area contributed by atoms with Crippen LogP contribution in [-0.2, 0) is 11.3 Å². The van der Waals surface area contributed by atoms with Gasteiger partial charge in [-0.15, -0.1) is 0 Å². The fraction of sp³-hybridized carbons (Fsp3) is 0.167. The monoisotopic (exact) mass is 389 g/mol. The summed E-state index contributed by atoms with van der Waals surface area (Å²) in [6, 6.07) is 5.44. The number of carbonyl (C=O) groups is 1. The summed E-state index contributed by atoms with van der Waals surface area (Å²) in [5, 5.41) is 9.05. The summed E-state index contributed by atoms with van der Waals surface area (Å²) >= 11 is 6.71. The molecule has 5 nitrogen and oxygen atoms in total. The fourth-order valence-electron chi connectivity index (χ4n) is 1.55. The van der Waals surface area contributed by atoms with Gasteiger partial charge in [0, 0.05) is 21.6 Å². The molecule has 0 atom stereocenters. The number of carboxylic acid groups (broad SMARTS) is 1. The zero-order valence-corrected chi connectivity index (χ0v) is 13.0. The van der Waals surface area contributed by atoms with E-state index in [1.165, 1.54) is 7.11 Å². The molecule has 0 unspecified atom stereocenters. The molecule has 0 bridgehead atoms. The van der Waals surface area contributed by atoms with Crippen LogP contribution in [0.1, 0.15) is 16.2 Å². The Morgan fingerprint density at radius 3 is 2.53 bits per heavy atom. The number of nitrogens with zero attached hydrogens (tertiary/aromatic N) is 1. The van der Waals surface area contributed by atoms with Gasteiger partial charge in [0.1, 0.15) is 5.69 Å². The molecule has 0 aliphatic carbocycles. The minimum Gasteiger partial charge on any atom is -0.475 e. The molecule has 0 spiro atoms. The van der Waals surface area contributed by atoms with Crippen LogP contribution in [0.5, 0.6) is 0 Å². The smallest absolute Gasteiger partial charge is 0.373 e. The Morgan fingerprint density at radius 2 is 2.00 bits per heavy atom. The lowest BCUT2D eigenvalue weighted by Gasteiger charge is -1.98. The van der Waals surface area contributed by atoms with Crippen molar-refractivity contribution in [2.45, 2.75) is 6.61 Å². The van der Waals surface area contributed by atoms with Gasteiger partial charge in [-0.3, -0.25) is 0 Å². The predicted molar refractivity (Wildman–Crippen MR) is 75.0 cm³/mol. The van der Waals surface area contributed by atoms with Crippen LogP contribution in [0.15, 0.2) is 31.6 Å². The Labute approximate surface area is 125 Å². The van der Waals surface area contributed by atoms with Crippen LogP contribution in [0.3, 0.4) is 0 Å². The molecule has 19 heavy (non-hydrogen) atoms. The molecule has 1 heterocycles. The van der Waals surface area contributed by atoms with Crippen molar-refractivity contribution in [1.29, 1.82) is 0 Å². The number of ether oxygens (including phenoxy) is 1. The molecule has 0 radical (unpaired) electrons. The van der Waals surface area contributed by atoms with Gasteiger partial charge in [-0.1, -0.05) is 31.9 Å². The van der Waals surface area contributed by atoms with E-state index in [1.807, 2.05) is 6.07 Å². The number of hydrogen-bond acceptors (Lipinski definition) is 4. The lowest BCUT2D eigenvalue weighted by Crippen LogP contribution is -2.00. The van der Waals surface area contributed by atoms with Gasteiger partial charge in [0.2, 0.25) is 11.7 Å². The average Bonchev–Trinajstić information content (AvgIpc) is 2.72. The van der Waals surface area contributed by atoms with E-state index in [4.69, 9.17) is 14.3 Å². The van der Waals surface area contributed by atoms with Crippen LogP contribution in [0.25, 0.3) is 11.5 Å². The predicted octanol–water partition coefficient (Wildman–Crippen LogP) is 3.71. The minimum atomic E-state index is -1.17. The van der Waals surface area contributed by atoms with E-state index in [2.05, 4.69) is 36.8 Å². The Bertz CT molecular complexity index is 604. The molecule has 0 amide bonds. The van der Waals surface area contributed by atoms with Crippen LogP contribution < -0.4 is 0 Å². The zero-order chi connectivity index (χ0) is 14.0. The van der Waals surface area contributed by atoms with Crippen molar-refractivity contribution in [2.75, 3.05) is 7.11 Å². The molecular formula is C12H9Br2NO4. The standard InChI is InChI=1S/C12H9Br2NO4/c1-18-5-9-10(12(16)17)19-11(15-9)6-2-7(13)4-8(14)3-6/h2-4H,5H2,1H3,(H,16,17). The van der Waals surface area contributed by atoms with Gasteiger partial charge in [0.05, 0.1) is 6.61 Å². The lowest BCUT2D eigenvalue weighted by molar-refractivity contribution is 0.0656. The first kappa shape index (κ1) is 14.2. The number of halogens is 2. The highest BCUT2D eigenvalue weighted by Gasteiger charge is 2.20. The van der Waals surface area contributed by atoms with Crippen molar-refractivity contribution < 1.29 is 19.1 Å². The number of methoxy groups -OCH3 is 1. The number of rotatable bonds is 4. The van der Waals surface area contributed by atoms with Crippen LogP contribution in [0, 0.1) is 0 Å². The summed E-state index contributed by atoms with van der Waals surface area (Å²) in [4.78, 5) is 15.2. The van der Waals surface area contributed by atoms with Gasteiger partial charge < -0.3 is 14.3 Å². The second-order valence-corrected chi connectivity index (χ2v) is 5.52. The SMILES string of the molecule is COCc1nc(-c2cc(Br)cc(Br)c2)oc1C(=O)O. The molecule has 7 heteroatoms. The molecule has 2 aromatic rings. The minimum absolute atomic E-state index is 0.0836. The molecule has 1 aromatic heterocycles. The van der Waals surface area contributed by atoms with Crippen molar-refractivity contribution >= 4 is 37.8 Å². The van der Waals surface area contributed by atoms with E-state index in [9.17, 15) is 4.79 Å². The molecule has 2 rings (SSSR count). The van der Waals surface area contributed by atoms with Crippen LogP contribution >= 0.6 is 31.9 Å². The Balaban J connectivity index is 2.50. The second-order valence-electron chi connectivity index (χ2n) is 3.69.